The fourth-order valence-corrected chi connectivity index (χ4v) is 4.24. The molecular weight excluding hydrogens is 478 g/mol. The van der Waals surface area contributed by atoms with Crippen molar-refractivity contribution < 1.29 is 19.1 Å². The van der Waals surface area contributed by atoms with Crippen LogP contribution in [-0.4, -0.2) is 35.3 Å². The van der Waals surface area contributed by atoms with Gasteiger partial charge in [-0.15, -0.1) is 0 Å². The zero-order chi connectivity index (χ0) is 27.6. The first-order valence-corrected chi connectivity index (χ1v) is 12.5. The van der Waals surface area contributed by atoms with E-state index < -0.39 is 11.9 Å². The van der Waals surface area contributed by atoms with Crippen molar-refractivity contribution in [3.8, 4) is 39.4 Å². The van der Waals surface area contributed by atoms with E-state index in [1.54, 1.807) is 24.3 Å². The van der Waals surface area contributed by atoms with E-state index in [-0.39, 0.29) is 11.5 Å². The van der Waals surface area contributed by atoms with Crippen LogP contribution in [0.2, 0.25) is 0 Å². The minimum atomic E-state index is -0.490. The summed E-state index contributed by atoms with van der Waals surface area (Å²) in [6.07, 6.45) is 0.0181. The van der Waals surface area contributed by atoms with E-state index in [1.807, 2.05) is 44.2 Å². The Hall–Kier alpha value is -4.39. The molecule has 0 radical (unpaired) electrons. The highest BCUT2D eigenvalue weighted by atomic mass is 16.5. The number of carbonyl (C=O) groups is 2. The summed E-state index contributed by atoms with van der Waals surface area (Å²) in [5, 5.41) is 7.94. The second kappa shape index (κ2) is 10.5. The highest BCUT2D eigenvalue weighted by Gasteiger charge is 2.22. The lowest BCUT2D eigenvalue weighted by atomic mass is 9.85. The maximum Gasteiger partial charge on any atom is 0.337 e. The predicted octanol–water partition coefficient (Wildman–Crippen LogP) is 6.38. The molecule has 0 aliphatic heterocycles. The predicted molar refractivity (Wildman–Crippen MR) is 149 cm³/mol. The van der Waals surface area contributed by atoms with E-state index in [0.717, 1.165) is 39.3 Å². The van der Waals surface area contributed by atoms with E-state index in [9.17, 15) is 9.59 Å². The number of amides is 1. The number of nitrogens with two attached hydrogens (primary N) is 1. The lowest BCUT2D eigenvalue weighted by Crippen LogP contribution is -2.13. The Morgan fingerprint density at radius 2 is 1.47 bits per heavy atom. The Morgan fingerprint density at radius 1 is 0.868 bits per heavy atom. The van der Waals surface area contributed by atoms with Crippen LogP contribution in [0.4, 0.5) is 0 Å². The minimum Gasteiger partial charge on any atom is -0.491 e. The molecule has 1 aromatic heterocycles. The summed E-state index contributed by atoms with van der Waals surface area (Å²) in [5.41, 5.74) is 12.3. The number of aromatic amines is 1. The molecule has 0 aliphatic rings. The topological polar surface area (TPSA) is 107 Å². The van der Waals surface area contributed by atoms with Gasteiger partial charge in [-0.05, 0) is 72.9 Å². The number of H-pyrrole nitrogens is 1. The monoisotopic (exact) mass is 511 g/mol. The van der Waals surface area contributed by atoms with Crippen molar-refractivity contribution in [1.82, 2.24) is 10.2 Å². The second-order valence-electron chi connectivity index (χ2n) is 10.5. The largest absolute Gasteiger partial charge is 0.491 e. The Balaban J connectivity index is 1.94. The number of hydrogen-bond donors (Lipinski definition) is 2. The first-order chi connectivity index (χ1) is 18.0. The van der Waals surface area contributed by atoms with E-state index in [1.165, 1.54) is 7.11 Å². The van der Waals surface area contributed by atoms with Crippen molar-refractivity contribution in [2.24, 2.45) is 5.73 Å². The standard InChI is InChI=1S/C31H33N3O4/c1-18(2)38-25-16-23(15-24(17-25)31(3,4)5)28-26(19-7-11-21(12-8-19)29(32)35)27(33-34-28)20-9-13-22(14-10-20)30(36)37-6/h7-18H,1-6H3,(H2,32,35)(H,33,34). The van der Waals surface area contributed by atoms with Crippen LogP contribution in [0, 0.1) is 0 Å². The Kier molecular flexibility index (Phi) is 7.39. The van der Waals surface area contributed by atoms with Gasteiger partial charge in [0.05, 0.1) is 24.5 Å². The number of nitrogens with one attached hydrogen (secondary N) is 1. The molecule has 7 heteroatoms. The summed E-state index contributed by atoms with van der Waals surface area (Å²) in [7, 11) is 1.35. The Labute approximate surface area is 223 Å². The molecule has 7 nitrogen and oxygen atoms in total. The first-order valence-electron chi connectivity index (χ1n) is 12.5. The summed E-state index contributed by atoms with van der Waals surface area (Å²) in [5.74, 6) is -0.120. The lowest BCUT2D eigenvalue weighted by molar-refractivity contribution is 0.0600. The summed E-state index contributed by atoms with van der Waals surface area (Å²) in [6, 6.07) is 20.5. The Bertz CT molecular complexity index is 1460. The molecule has 4 rings (SSSR count). The second-order valence-corrected chi connectivity index (χ2v) is 10.5. The number of carbonyl (C=O) groups excluding carboxylic acids is 2. The molecule has 0 bridgehead atoms. The molecule has 38 heavy (non-hydrogen) atoms. The summed E-state index contributed by atoms with van der Waals surface area (Å²) in [6.45, 7) is 10.5. The lowest BCUT2D eigenvalue weighted by Gasteiger charge is -2.22. The van der Waals surface area contributed by atoms with Crippen LogP contribution >= 0.6 is 0 Å². The molecule has 196 valence electrons. The third kappa shape index (κ3) is 5.62. The van der Waals surface area contributed by atoms with Crippen LogP contribution in [-0.2, 0) is 10.2 Å². The maximum atomic E-state index is 12.0. The molecule has 4 aromatic rings. The van der Waals surface area contributed by atoms with Crippen LogP contribution in [0.1, 0.15) is 60.9 Å². The van der Waals surface area contributed by atoms with Gasteiger partial charge in [0.25, 0.3) is 0 Å². The number of benzene rings is 3. The number of hydrogen-bond acceptors (Lipinski definition) is 5. The van der Waals surface area contributed by atoms with E-state index in [2.05, 4.69) is 38.0 Å². The van der Waals surface area contributed by atoms with Gasteiger partial charge in [0, 0.05) is 22.3 Å². The zero-order valence-corrected chi connectivity index (χ0v) is 22.6. The number of aromatic nitrogens is 2. The third-order valence-corrected chi connectivity index (χ3v) is 6.24. The van der Waals surface area contributed by atoms with Crippen molar-refractivity contribution in [1.29, 1.82) is 0 Å². The van der Waals surface area contributed by atoms with Crippen LogP contribution in [0.5, 0.6) is 5.75 Å². The molecule has 0 fully saturated rings. The van der Waals surface area contributed by atoms with Gasteiger partial charge in [-0.2, -0.15) is 5.10 Å². The third-order valence-electron chi connectivity index (χ3n) is 6.24. The van der Waals surface area contributed by atoms with Gasteiger partial charge in [-0.3, -0.25) is 9.89 Å². The summed E-state index contributed by atoms with van der Waals surface area (Å²) < 4.78 is 10.9. The highest BCUT2D eigenvalue weighted by molar-refractivity contribution is 5.96. The number of nitrogens with zero attached hydrogens (tertiary/aromatic N) is 1. The smallest absolute Gasteiger partial charge is 0.337 e. The van der Waals surface area contributed by atoms with Gasteiger partial charge < -0.3 is 15.2 Å². The van der Waals surface area contributed by atoms with Crippen molar-refractivity contribution in [2.45, 2.75) is 46.1 Å². The van der Waals surface area contributed by atoms with Crippen molar-refractivity contribution >= 4 is 11.9 Å². The molecule has 0 spiro atoms. The van der Waals surface area contributed by atoms with Gasteiger partial charge in [0.2, 0.25) is 5.91 Å². The number of esters is 1. The Morgan fingerprint density at radius 3 is 2.03 bits per heavy atom. The number of ether oxygens (including phenoxy) is 2. The van der Waals surface area contributed by atoms with Gasteiger partial charge in [-0.1, -0.05) is 45.0 Å². The maximum absolute atomic E-state index is 12.0. The minimum absolute atomic E-state index is 0.0181. The molecule has 1 amide bonds. The zero-order valence-electron chi connectivity index (χ0n) is 22.6. The quantitative estimate of drug-likeness (QED) is 0.280. The van der Waals surface area contributed by atoms with Gasteiger partial charge >= 0.3 is 5.97 Å². The summed E-state index contributed by atoms with van der Waals surface area (Å²) in [4.78, 5) is 23.6. The molecule has 3 N–H and O–H groups in total. The van der Waals surface area contributed by atoms with Crippen LogP contribution < -0.4 is 10.5 Å². The normalized spacial score (nSPS) is 11.4. The summed E-state index contributed by atoms with van der Waals surface area (Å²) >= 11 is 0. The van der Waals surface area contributed by atoms with Gasteiger partial charge in [-0.25, -0.2) is 4.79 Å². The molecule has 0 atom stereocenters. The van der Waals surface area contributed by atoms with E-state index in [4.69, 9.17) is 20.3 Å². The molecule has 0 saturated heterocycles. The molecule has 0 saturated carbocycles. The highest BCUT2D eigenvalue weighted by Crippen LogP contribution is 2.41. The van der Waals surface area contributed by atoms with Gasteiger partial charge in [0.1, 0.15) is 11.4 Å². The van der Waals surface area contributed by atoms with Crippen LogP contribution in [0.25, 0.3) is 33.6 Å². The number of methoxy groups -OCH3 is 1. The number of rotatable bonds is 7. The van der Waals surface area contributed by atoms with Crippen molar-refractivity contribution in [3.63, 3.8) is 0 Å². The molecule has 0 unspecified atom stereocenters. The van der Waals surface area contributed by atoms with E-state index in [0.29, 0.717) is 16.8 Å². The molecule has 3 aromatic carbocycles. The molecule has 1 heterocycles. The average Bonchev–Trinajstić information content (AvgIpc) is 3.32. The van der Waals surface area contributed by atoms with Crippen LogP contribution in [0.3, 0.4) is 0 Å². The number of primary amides is 1. The fraction of sp³-hybridized carbons (Fsp3) is 0.258. The van der Waals surface area contributed by atoms with Crippen molar-refractivity contribution in [3.05, 3.63) is 83.4 Å². The van der Waals surface area contributed by atoms with Crippen molar-refractivity contribution in [2.75, 3.05) is 7.11 Å². The van der Waals surface area contributed by atoms with E-state index >= 15 is 0 Å². The first kappa shape index (κ1) is 26.7. The molecular formula is C31H33N3O4. The average molecular weight is 512 g/mol. The van der Waals surface area contributed by atoms with Crippen LogP contribution in [0.15, 0.2) is 66.7 Å². The SMILES string of the molecule is COC(=O)c1ccc(-c2n[nH]c(-c3cc(OC(C)C)cc(C(C)(C)C)c3)c2-c2ccc(C(N)=O)cc2)cc1. The molecule has 0 aliphatic carbocycles. The fourth-order valence-electron chi connectivity index (χ4n) is 4.24. The van der Waals surface area contributed by atoms with Gasteiger partial charge in [0.15, 0.2) is 0 Å².